The molecule has 2 rings (SSSR count). The van der Waals surface area contributed by atoms with Gasteiger partial charge in [-0.2, -0.15) is 0 Å². The molecule has 0 radical (unpaired) electrons. The van der Waals surface area contributed by atoms with Crippen LogP contribution >= 0.6 is 0 Å². The van der Waals surface area contributed by atoms with Gasteiger partial charge in [0, 0.05) is 25.1 Å². The first-order valence-electron chi connectivity index (χ1n) is 5.51. The van der Waals surface area contributed by atoms with Crippen molar-refractivity contribution in [1.29, 1.82) is 0 Å². The van der Waals surface area contributed by atoms with Crippen LogP contribution in [0.2, 0.25) is 0 Å². The Balaban J connectivity index is 2.11. The smallest absolute Gasteiger partial charge is 0.363 e. The van der Waals surface area contributed by atoms with Gasteiger partial charge in [0.2, 0.25) is 0 Å². The minimum absolute atomic E-state index is 0.0546. The highest BCUT2D eigenvalue weighted by Crippen LogP contribution is 2.22. The Morgan fingerprint density at radius 3 is 2.94 bits per heavy atom. The van der Waals surface area contributed by atoms with E-state index >= 15 is 0 Å². The van der Waals surface area contributed by atoms with Gasteiger partial charge >= 0.3 is 5.82 Å². The summed E-state index contributed by atoms with van der Waals surface area (Å²) in [5.41, 5.74) is 0.835. The highest BCUT2D eigenvalue weighted by Gasteiger charge is 2.20. The lowest BCUT2D eigenvalue weighted by Crippen LogP contribution is -2.35. The van der Waals surface area contributed by atoms with E-state index in [2.05, 4.69) is 4.98 Å². The SMILES string of the molecule is O=CC1CCCN(c2ccc([N+](=O)[O-])nc2)C1. The van der Waals surface area contributed by atoms with E-state index in [0.29, 0.717) is 6.54 Å². The third kappa shape index (κ3) is 2.58. The highest BCUT2D eigenvalue weighted by molar-refractivity contribution is 5.57. The predicted molar refractivity (Wildman–Crippen MR) is 61.9 cm³/mol. The molecule has 0 aliphatic carbocycles. The number of anilines is 1. The van der Waals surface area contributed by atoms with Crippen LogP contribution in [0.4, 0.5) is 11.5 Å². The number of carbonyl (C=O) groups excluding carboxylic acids is 1. The summed E-state index contributed by atoms with van der Waals surface area (Å²) < 4.78 is 0. The van der Waals surface area contributed by atoms with Crippen LogP contribution in [0, 0.1) is 16.0 Å². The van der Waals surface area contributed by atoms with Gasteiger partial charge in [-0.15, -0.1) is 0 Å². The zero-order chi connectivity index (χ0) is 12.3. The van der Waals surface area contributed by atoms with Crippen LogP contribution < -0.4 is 4.90 Å². The topological polar surface area (TPSA) is 76.3 Å². The fraction of sp³-hybridized carbons (Fsp3) is 0.455. The van der Waals surface area contributed by atoms with Crippen molar-refractivity contribution in [2.75, 3.05) is 18.0 Å². The lowest BCUT2D eigenvalue weighted by Gasteiger charge is -2.31. The van der Waals surface area contributed by atoms with E-state index < -0.39 is 4.92 Å². The number of nitro groups is 1. The molecule has 1 aromatic heterocycles. The van der Waals surface area contributed by atoms with Crippen LogP contribution in [-0.4, -0.2) is 29.3 Å². The molecule has 6 nitrogen and oxygen atoms in total. The molecule has 0 saturated carbocycles. The minimum Gasteiger partial charge on any atom is -0.368 e. The monoisotopic (exact) mass is 235 g/mol. The molecule has 1 saturated heterocycles. The Kier molecular flexibility index (Phi) is 3.32. The molecular formula is C11H13N3O3. The van der Waals surface area contributed by atoms with Gasteiger partial charge in [0.15, 0.2) is 6.20 Å². The van der Waals surface area contributed by atoms with Crippen molar-refractivity contribution in [2.45, 2.75) is 12.8 Å². The molecule has 90 valence electrons. The molecule has 0 bridgehead atoms. The van der Waals surface area contributed by atoms with E-state index in [0.717, 1.165) is 31.4 Å². The summed E-state index contributed by atoms with van der Waals surface area (Å²) >= 11 is 0. The quantitative estimate of drug-likeness (QED) is 0.449. The third-order valence-corrected chi connectivity index (χ3v) is 2.93. The predicted octanol–water partition coefficient (Wildman–Crippen LogP) is 1.41. The fourth-order valence-corrected chi connectivity index (χ4v) is 2.03. The fourth-order valence-electron chi connectivity index (χ4n) is 2.03. The minimum atomic E-state index is -0.520. The van der Waals surface area contributed by atoms with Gasteiger partial charge in [0.1, 0.15) is 6.29 Å². The normalized spacial score (nSPS) is 20.0. The van der Waals surface area contributed by atoms with Crippen molar-refractivity contribution in [3.8, 4) is 0 Å². The van der Waals surface area contributed by atoms with E-state index in [1.54, 1.807) is 6.07 Å². The summed E-state index contributed by atoms with van der Waals surface area (Å²) in [5, 5.41) is 10.5. The Morgan fingerprint density at radius 1 is 1.53 bits per heavy atom. The Bertz CT molecular complexity index is 418. The van der Waals surface area contributed by atoms with Crippen LogP contribution in [0.1, 0.15) is 12.8 Å². The van der Waals surface area contributed by atoms with Crippen molar-refractivity contribution < 1.29 is 9.72 Å². The van der Waals surface area contributed by atoms with Crippen LogP contribution in [0.3, 0.4) is 0 Å². The summed E-state index contributed by atoms with van der Waals surface area (Å²) in [6, 6.07) is 3.07. The first kappa shape index (κ1) is 11.5. The molecule has 17 heavy (non-hydrogen) atoms. The maximum Gasteiger partial charge on any atom is 0.363 e. The van der Waals surface area contributed by atoms with Crippen LogP contribution in [0.5, 0.6) is 0 Å². The summed E-state index contributed by atoms with van der Waals surface area (Å²) in [4.78, 5) is 26.5. The molecule has 1 fully saturated rings. The molecule has 2 heterocycles. The highest BCUT2D eigenvalue weighted by atomic mass is 16.6. The standard InChI is InChI=1S/C11H13N3O3/c15-8-9-2-1-5-13(7-9)10-3-4-11(12-6-10)14(16)17/h3-4,6,8-9H,1-2,5,7H2. The van der Waals surface area contributed by atoms with E-state index in [9.17, 15) is 14.9 Å². The molecule has 1 aliphatic rings. The molecule has 0 amide bonds. The first-order valence-corrected chi connectivity index (χ1v) is 5.51. The molecule has 1 aromatic rings. The molecule has 0 aromatic carbocycles. The summed E-state index contributed by atoms with van der Waals surface area (Å²) in [7, 11) is 0. The van der Waals surface area contributed by atoms with E-state index in [1.807, 2.05) is 4.90 Å². The van der Waals surface area contributed by atoms with Crippen molar-refractivity contribution in [3.05, 3.63) is 28.4 Å². The van der Waals surface area contributed by atoms with E-state index in [4.69, 9.17) is 0 Å². The van der Waals surface area contributed by atoms with Crippen LogP contribution in [0.15, 0.2) is 18.3 Å². The Labute approximate surface area is 98.4 Å². The molecule has 0 spiro atoms. The average Bonchev–Trinajstić information content (AvgIpc) is 2.39. The van der Waals surface area contributed by atoms with E-state index in [-0.39, 0.29) is 11.7 Å². The number of pyridine rings is 1. The lowest BCUT2D eigenvalue weighted by molar-refractivity contribution is -0.389. The number of carbonyl (C=O) groups is 1. The molecule has 6 heteroatoms. The Hall–Kier alpha value is -1.98. The van der Waals surface area contributed by atoms with Crippen LogP contribution in [-0.2, 0) is 4.79 Å². The number of rotatable bonds is 3. The summed E-state index contributed by atoms with van der Waals surface area (Å²) in [6.45, 7) is 1.53. The second kappa shape index (κ2) is 4.90. The van der Waals surface area contributed by atoms with Gasteiger partial charge in [0.25, 0.3) is 0 Å². The molecule has 1 unspecified atom stereocenters. The number of hydrogen-bond donors (Lipinski definition) is 0. The maximum absolute atomic E-state index is 10.7. The second-order valence-corrected chi connectivity index (χ2v) is 4.12. The number of aromatic nitrogens is 1. The van der Waals surface area contributed by atoms with Crippen molar-refractivity contribution in [3.63, 3.8) is 0 Å². The number of nitrogens with zero attached hydrogens (tertiary/aromatic N) is 3. The second-order valence-electron chi connectivity index (χ2n) is 4.12. The van der Waals surface area contributed by atoms with Crippen molar-refractivity contribution in [2.24, 2.45) is 5.92 Å². The molecule has 0 N–H and O–H groups in total. The third-order valence-electron chi connectivity index (χ3n) is 2.93. The first-order chi connectivity index (χ1) is 8.20. The van der Waals surface area contributed by atoms with Crippen molar-refractivity contribution in [1.82, 2.24) is 4.98 Å². The van der Waals surface area contributed by atoms with Gasteiger partial charge in [-0.25, -0.2) is 0 Å². The van der Waals surface area contributed by atoms with E-state index in [1.165, 1.54) is 12.3 Å². The van der Waals surface area contributed by atoms with Gasteiger partial charge in [-0.1, -0.05) is 0 Å². The Morgan fingerprint density at radius 2 is 2.35 bits per heavy atom. The molecule has 1 aliphatic heterocycles. The zero-order valence-electron chi connectivity index (χ0n) is 9.28. The van der Waals surface area contributed by atoms with Gasteiger partial charge in [-0.3, -0.25) is 0 Å². The maximum atomic E-state index is 10.7. The van der Waals surface area contributed by atoms with Crippen molar-refractivity contribution >= 4 is 17.8 Å². The lowest BCUT2D eigenvalue weighted by atomic mass is 9.99. The van der Waals surface area contributed by atoms with Gasteiger partial charge in [0.05, 0.1) is 5.69 Å². The average molecular weight is 235 g/mol. The van der Waals surface area contributed by atoms with Gasteiger partial charge < -0.3 is 19.8 Å². The largest absolute Gasteiger partial charge is 0.368 e. The number of hydrogen-bond acceptors (Lipinski definition) is 5. The number of piperidine rings is 1. The number of aldehydes is 1. The summed E-state index contributed by atoms with van der Waals surface area (Å²) in [5.74, 6) is -0.100. The molecule has 1 atom stereocenters. The van der Waals surface area contributed by atoms with Gasteiger partial charge in [-0.05, 0) is 28.8 Å². The zero-order valence-corrected chi connectivity index (χ0v) is 9.28. The van der Waals surface area contributed by atoms with Crippen LogP contribution in [0.25, 0.3) is 0 Å². The summed E-state index contributed by atoms with van der Waals surface area (Å²) in [6.07, 6.45) is 4.34. The molecular weight excluding hydrogens is 222 g/mol.